The van der Waals surface area contributed by atoms with Crippen LogP contribution in [0.15, 0.2) is 168 Å². The van der Waals surface area contributed by atoms with Crippen molar-refractivity contribution in [3.8, 4) is 22.3 Å². The second-order valence-corrected chi connectivity index (χ2v) is 13.7. The molecule has 0 atom stereocenters. The highest BCUT2D eigenvalue weighted by atomic mass is 16.3. The molecule has 0 saturated carbocycles. The molecule has 232 valence electrons. The van der Waals surface area contributed by atoms with Crippen molar-refractivity contribution in [1.82, 2.24) is 0 Å². The average molecular weight is 628 g/mol. The number of hydrogen-bond acceptors (Lipinski definition) is 2. The van der Waals surface area contributed by atoms with Crippen LogP contribution in [0.5, 0.6) is 0 Å². The lowest BCUT2D eigenvalue weighted by molar-refractivity contribution is 0.660. The highest BCUT2D eigenvalue weighted by Gasteiger charge is 2.36. The Labute approximate surface area is 285 Å². The number of rotatable bonds is 4. The van der Waals surface area contributed by atoms with E-state index in [1.54, 1.807) is 0 Å². The first-order valence-electron chi connectivity index (χ1n) is 17.0. The molecule has 1 aromatic heterocycles. The van der Waals surface area contributed by atoms with Crippen LogP contribution in [0.3, 0.4) is 0 Å². The van der Waals surface area contributed by atoms with Crippen molar-refractivity contribution in [3.63, 3.8) is 0 Å². The minimum absolute atomic E-state index is 0.123. The smallest absolute Gasteiger partial charge is 0.159 e. The molecule has 0 spiro atoms. The summed E-state index contributed by atoms with van der Waals surface area (Å²) in [6.07, 6.45) is 0. The zero-order valence-electron chi connectivity index (χ0n) is 27.4. The first kappa shape index (κ1) is 27.9. The monoisotopic (exact) mass is 627 g/mol. The molecule has 49 heavy (non-hydrogen) atoms. The average Bonchev–Trinajstić information content (AvgIpc) is 3.63. The third kappa shape index (κ3) is 4.07. The molecule has 1 aliphatic carbocycles. The van der Waals surface area contributed by atoms with Gasteiger partial charge in [-0.2, -0.15) is 0 Å². The van der Waals surface area contributed by atoms with Crippen molar-refractivity contribution in [3.05, 3.63) is 175 Å². The fourth-order valence-corrected chi connectivity index (χ4v) is 8.29. The van der Waals surface area contributed by atoms with Crippen LogP contribution in [-0.4, -0.2) is 0 Å². The van der Waals surface area contributed by atoms with Gasteiger partial charge in [0.25, 0.3) is 0 Å². The molecule has 0 amide bonds. The van der Waals surface area contributed by atoms with Crippen LogP contribution in [0.2, 0.25) is 0 Å². The second-order valence-electron chi connectivity index (χ2n) is 13.7. The quantitative estimate of drug-likeness (QED) is 0.193. The van der Waals surface area contributed by atoms with Crippen molar-refractivity contribution < 1.29 is 4.42 Å². The van der Waals surface area contributed by atoms with Gasteiger partial charge in [-0.05, 0) is 74.3 Å². The van der Waals surface area contributed by atoms with Gasteiger partial charge in [-0.3, -0.25) is 0 Å². The number of nitrogens with zero attached hydrogens (tertiary/aromatic N) is 1. The summed E-state index contributed by atoms with van der Waals surface area (Å²) in [6, 6.07) is 59.3. The molecule has 2 nitrogen and oxygen atoms in total. The fourth-order valence-electron chi connectivity index (χ4n) is 8.29. The van der Waals surface area contributed by atoms with Crippen molar-refractivity contribution in [1.29, 1.82) is 0 Å². The van der Waals surface area contributed by atoms with Gasteiger partial charge in [-0.15, -0.1) is 0 Å². The number of furan rings is 1. The van der Waals surface area contributed by atoms with Crippen LogP contribution in [0.25, 0.3) is 65.7 Å². The lowest BCUT2D eigenvalue weighted by Gasteiger charge is -2.29. The molecular weight excluding hydrogens is 595 g/mol. The fraction of sp³-hybridized carbons (Fsp3) is 0.0638. The van der Waals surface area contributed by atoms with E-state index in [-0.39, 0.29) is 5.41 Å². The Morgan fingerprint density at radius 1 is 0.449 bits per heavy atom. The minimum atomic E-state index is -0.123. The van der Waals surface area contributed by atoms with E-state index < -0.39 is 0 Å². The van der Waals surface area contributed by atoms with Crippen LogP contribution in [0, 0.1) is 0 Å². The van der Waals surface area contributed by atoms with Gasteiger partial charge >= 0.3 is 0 Å². The summed E-state index contributed by atoms with van der Waals surface area (Å²) < 4.78 is 7.16. The Balaban J connectivity index is 1.29. The molecule has 1 heterocycles. The van der Waals surface area contributed by atoms with Crippen molar-refractivity contribution in [2.45, 2.75) is 19.3 Å². The van der Waals surface area contributed by atoms with Gasteiger partial charge in [-0.1, -0.05) is 147 Å². The van der Waals surface area contributed by atoms with E-state index >= 15 is 0 Å². The van der Waals surface area contributed by atoms with E-state index in [1.165, 1.54) is 43.8 Å². The van der Waals surface area contributed by atoms with Gasteiger partial charge < -0.3 is 9.32 Å². The van der Waals surface area contributed by atoms with Gasteiger partial charge in [0, 0.05) is 32.8 Å². The Morgan fingerprint density at radius 3 is 1.98 bits per heavy atom. The Kier molecular flexibility index (Phi) is 5.95. The van der Waals surface area contributed by atoms with E-state index in [2.05, 4.69) is 183 Å². The molecule has 0 radical (unpaired) electrons. The van der Waals surface area contributed by atoms with Crippen LogP contribution in [0.1, 0.15) is 25.0 Å². The van der Waals surface area contributed by atoms with Gasteiger partial charge in [-0.25, -0.2) is 0 Å². The zero-order chi connectivity index (χ0) is 32.7. The van der Waals surface area contributed by atoms with E-state index in [1.807, 2.05) is 0 Å². The predicted molar refractivity (Wildman–Crippen MR) is 206 cm³/mol. The van der Waals surface area contributed by atoms with E-state index in [0.717, 1.165) is 50.1 Å². The topological polar surface area (TPSA) is 16.4 Å². The lowest BCUT2D eigenvalue weighted by Crippen LogP contribution is -2.16. The highest BCUT2D eigenvalue weighted by Crippen LogP contribution is 2.52. The predicted octanol–water partition coefficient (Wildman–Crippen LogP) is 13.3. The Bertz CT molecular complexity index is 2750. The standard InChI is InChI=1S/C47H33NO/c1-47(2)40-23-11-10-21-36(40)37-27-26-33(29-41(37)47)48(42-24-12-18-30-14-6-8-19-34(30)42)43-25-13-22-38-39-28-32-17-7-9-20-35(32)44(46(39)49-45(38)43)31-15-4-3-5-16-31/h3-29H,1-2H3. The van der Waals surface area contributed by atoms with Crippen LogP contribution >= 0.6 is 0 Å². The number of hydrogen-bond donors (Lipinski definition) is 0. The summed E-state index contributed by atoms with van der Waals surface area (Å²) in [5.74, 6) is 0. The zero-order valence-corrected chi connectivity index (χ0v) is 27.4. The molecule has 0 unspecified atom stereocenters. The van der Waals surface area contributed by atoms with Crippen LogP contribution in [0.4, 0.5) is 17.1 Å². The van der Waals surface area contributed by atoms with Crippen molar-refractivity contribution >= 4 is 60.5 Å². The van der Waals surface area contributed by atoms with Crippen LogP contribution in [-0.2, 0) is 5.41 Å². The molecule has 0 N–H and O–H groups in total. The summed E-state index contributed by atoms with van der Waals surface area (Å²) >= 11 is 0. The summed E-state index contributed by atoms with van der Waals surface area (Å²) in [5, 5.41) is 7.01. The molecule has 8 aromatic carbocycles. The van der Waals surface area contributed by atoms with Crippen molar-refractivity contribution in [2.75, 3.05) is 4.90 Å². The third-order valence-corrected chi connectivity index (χ3v) is 10.6. The molecule has 1 aliphatic rings. The molecule has 10 rings (SSSR count). The van der Waals surface area contributed by atoms with Crippen LogP contribution < -0.4 is 4.90 Å². The molecule has 0 fully saturated rings. The molecule has 2 heteroatoms. The normalized spacial score (nSPS) is 13.3. The molecule has 0 bridgehead atoms. The summed E-state index contributed by atoms with van der Waals surface area (Å²) in [7, 11) is 0. The van der Waals surface area contributed by atoms with Gasteiger partial charge in [0.1, 0.15) is 5.58 Å². The number of benzene rings is 8. The van der Waals surface area contributed by atoms with Gasteiger partial charge in [0.2, 0.25) is 0 Å². The number of anilines is 3. The second kappa shape index (κ2) is 10.4. The van der Waals surface area contributed by atoms with E-state index in [4.69, 9.17) is 4.42 Å². The molecule has 0 aliphatic heterocycles. The number of para-hydroxylation sites is 1. The first-order chi connectivity index (χ1) is 24.1. The highest BCUT2D eigenvalue weighted by molar-refractivity contribution is 6.20. The van der Waals surface area contributed by atoms with E-state index in [9.17, 15) is 0 Å². The van der Waals surface area contributed by atoms with Crippen molar-refractivity contribution in [2.24, 2.45) is 0 Å². The number of fused-ring (bicyclic) bond motifs is 8. The Hall–Kier alpha value is -6.12. The maximum atomic E-state index is 7.16. The van der Waals surface area contributed by atoms with Gasteiger partial charge in [0.15, 0.2) is 5.58 Å². The maximum Gasteiger partial charge on any atom is 0.159 e. The lowest BCUT2D eigenvalue weighted by atomic mass is 9.82. The maximum absolute atomic E-state index is 7.16. The summed E-state index contributed by atoms with van der Waals surface area (Å²) in [4.78, 5) is 2.41. The Morgan fingerprint density at radius 2 is 1.10 bits per heavy atom. The molecule has 0 saturated heterocycles. The summed E-state index contributed by atoms with van der Waals surface area (Å²) in [5.41, 5.74) is 12.5. The molecular formula is C47H33NO. The minimum Gasteiger partial charge on any atom is -0.453 e. The summed E-state index contributed by atoms with van der Waals surface area (Å²) in [6.45, 7) is 4.69. The van der Waals surface area contributed by atoms with E-state index in [0.29, 0.717) is 0 Å². The third-order valence-electron chi connectivity index (χ3n) is 10.6. The SMILES string of the molecule is CC1(C)c2ccccc2-c2ccc(N(c3cccc4ccccc34)c3cccc4c3oc3c(-c5ccccc5)c5ccccc5cc34)cc21. The first-order valence-corrected chi connectivity index (χ1v) is 17.0. The molecule has 9 aromatic rings. The van der Waals surface area contributed by atoms with Gasteiger partial charge in [0.05, 0.1) is 11.4 Å². The largest absolute Gasteiger partial charge is 0.453 e.